The zero-order chi connectivity index (χ0) is 14.2. The van der Waals surface area contributed by atoms with Gasteiger partial charge in [-0.1, -0.05) is 45.2 Å². The van der Waals surface area contributed by atoms with Crippen molar-refractivity contribution in [1.82, 2.24) is 0 Å². The van der Waals surface area contributed by atoms with Gasteiger partial charge >= 0.3 is 0 Å². The standard InChI is InChI=1S/C15H13BrCl2O/c1-8-6-14(18)9(2)5-11(8)15(19)12-7-10(16)3-4-13(12)17/h3-7,15,19H,1-2H3. The maximum atomic E-state index is 10.5. The highest BCUT2D eigenvalue weighted by atomic mass is 79.9. The summed E-state index contributed by atoms with van der Waals surface area (Å²) < 4.78 is 0.884. The van der Waals surface area contributed by atoms with Gasteiger partial charge in [0.2, 0.25) is 0 Å². The summed E-state index contributed by atoms with van der Waals surface area (Å²) in [5.74, 6) is 0. The number of aliphatic hydroxyl groups is 1. The van der Waals surface area contributed by atoms with E-state index in [4.69, 9.17) is 23.2 Å². The highest BCUT2D eigenvalue weighted by Crippen LogP contribution is 2.33. The van der Waals surface area contributed by atoms with Crippen molar-refractivity contribution in [2.45, 2.75) is 20.0 Å². The average Bonchev–Trinajstić information content (AvgIpc) is 2.36. The second kappa shape index (κ2) is 5.84. The van der Waals surface area contributed by atoms with Gasteiger partial charge in [-0.05, 0) is 54.8 Å². The van der Waals surface area contributed by atoms with E-state index in [2.05, 4.69) is 15.9 Å². The van der Waals surface area contributed by atoms with Crippen LogP contribution in [0.25, 0.3) is 0 Å². The number of aryl methyl sites for hydroxylation is 2. The minimum absolute atomic E-state index is 0.544. The first kappa shape index (κ1) is 14.9. The molecule has 2 rings (SSSR count). The molecular weight excluding hydrogens is 347 g/mol. The Morgan fingerprint density at radius 3 is 2.32 bits per heavy atom. The lowest BCUT2D eigenvalue weighted by molar-refractivity contribution is 0.219. The number of benzene rings is 2. The Balaban J connectivity index is 2.52. The van der Waals surface area contributed by atoms with E-state index in [1.807, 2.05) is 38.1 Å². The molecule has 1 nitrogen and oxygen atoms in total. The molecule has 1 atom stereocenters. The number of rotatable bonds is 2. The van der Waals surface area contributed by atoms with E-state index in [0.717, 1.165) is 21.2 Å². The van der Waals surface area contributed by atoms with Crippen LogP contribution in [-0.4, -0.2) is 5.11 Å². The van der Waals surface area contributed by atoms with Crippen LogP contribution in [0.15, 0.2) is 34.8 Å². The van der Waals surface area contributed by atoms with Gasteiger partial charge in [-0.15, -0.1) is 0 Å². The van der Waals surface area contributed by atoms with E-state index in [-0.39, 0.29) is 0 Å². The van der Waals surface area contributed by atoms with Crippen molar-refractivity contribution in [3.63, 3.8) is 0 Å². The molecule has 0 bridgehead atoms. The average molecular weight is 360 g/mol. The molecule has 0 radical (unpaired) electrons. The molecule has 0 saturated heterocycles. The predicted molar refractivity (Wildman–Crippen MR) is 84.1 cm³/mol. The predicted octanol–water partition coefficient (Wildman–Crippen LogP) is 5.45. The Morgan fingerprint density at radius 1 is 0.947 bits per heavy atom. The number of aliphatic hydroxyl groups excluding tert-OH is 1. The van der Waals surface area contributed by atoms with Gasteiger partial charge in [0.15, 0.2) is 0 Å². The normalized spacial score (nSPS) is 12.5. The molecule has 0 aromatic heterocycles. The van der Waals surface area contributed by atoms with E-state index < -0.39 is 6.10 Å². The Morgan fingerprint density at radius 2 is 1.63 bits per heavy atom. The van der Waals surface area contributed by atoms with Crippen LogP contribution >= 0.6 is 39.1 Å². The second-order valence-corrected chi connectivity index (χ2v) is 6.26. The van der Waals surface area contributed by atoms with Crippen molar-refractivity contribution >= 4 is 39.1 Å². The van der Waals surface area contributed by atoms with Gasteiger partial charge in [0, 0.05) is 20.1 Å². The largest absolute Gasteiger partial charge is 0.384 e. The van der Waals surface area contributed by atoms with Crippen LogP contribution in [0.5, 0.6) is 0 Å². The minimum atomic E-state index is -0.763. The third kappa shape index (κ3) is 3.14. The highest BCUT2D eigenvalue weighted by Gasteiger charge is 2.17. The molecule has 0 spiro atoms. The number of hydrogen-bond acceptors (Lipinski definition) is 1. The first-order chi connectivity index (χ1) is 8.90. The van der Waals surface area contributed by atoms with Crippen LogP contribution in [-0.2, 0) is 0 Å². The third-order valence-electron chi connectivity index (χ3n) is 3.09. The smallest absolute Gasteiger partial charge is 0.106 e. The highest BCUT2D eigenvalue weighted by molar-refractivity contribution is 9.10. The summed E-state index contributed by atoms with van der Waals surface area (Å²) in [6.07, 6.45) is -0.763. The molecular formula is C15H13BrCl2O. The summed E-state index contributed by atoms with van der Waals surface area (Å²) >= 11 is 15.6. The molecule has 0 saturated carbocycles. The summed E-state index contributed by atoms with van der Waals surface area (Å²) in [5.41, 5.74) is 3.38. The third-order valence-corrected chi connectivity index (χ3v) is 4.34. The van der Waals surface area contributed by atoms with Crippen LogP contribution in [0.1, 0.15) is 28.4 Å². The van der Waals surface area contributed by atoms with E-state index in [1.54, 1.807) is 6.07 Å². The van der Waals surface area contributed by atoms with Gasteiger partial charge < -0.3 is 5.11 Å². The Hall–Kier alpha value is -0.540. The van der Waals surface area contributed by atoms with Crippen LogP contribution in [0.2, 0.25) is 10.0 Å². The van der Waals surface area contributed by atoms with Gasteiger partial charge in [-0.2, -0.15) is 0 Å². The summed E-state index contributed by atoms with van der Waals surface area (Å²) in [5, 5.41) is 11.8. The molecule has 19 heavy (non-hydrogen) atoms. The molecule has 0 aliphatic rings. The molecule has 2 aromatic rings. The van der Waals surface area contributed by atoms with Crippen LogP contribution in [0.4, 0.5) is 0 Å². The fraction of sp³-hybridized carbons (Fsp3) is 0.200. The first-order valence-electron chi connectivity index (χ1n) is 5.80. The molecule has 0 aliphatic heterocycles. The van der Waals surface area contributed by atoms with Gasteiger partial charge in [0.05, 0.1) is 0 Å². The van der Waals surface area contributed by atoms with Gasteiger partial charge in [-0.25, -0.2) is 0 Å². The molecule has 100 valence electrons. The first-order valence-corrected chi connectivity index (χ1v) is 7.34. The van der Waals surface area contributed by atoms with Crippen LogP contribution in [0, 0.1) is 13.8 Å². The molecule has 0 fully saturated rings. The topological polar surface area (TPSA) is 20.2 Å². The van der Waals surface area contributed by atoms with Gasteiger partial charge in [0.25, 0.3) is 0 Å². The Labute approximate surface area is 131 Å². The maximum Gasteiger partial charge on any atom is 0.106 e. The molecule has 1 N–H and O–H groups in total. The van der Waals surface area contributed by atoms with E-state index in [9.17, 15) is 5.11 Å². The fourth-order valence-corrected chi connectivity index (χ4v) is 2.81. The van der Waals surface area contributed by atoms with Crippen molar-refractivity contribution in [1.29, 1.82) is 0 Å². The molecule has 0 heterocycles. The van der Waals surface area contributed by atoms with Crippen molar-refractivity contribution in [2.75, 3.05) is 0 Å². The molecule has 2 aromatic carbocycles. The minimum Gasteiger partial charge on any atom is -0.384 e. The second-order valence-electron chi connectivity index (χ2n) is 4.53. The number of halogens is 3. The number of hydrogen-bond donors (Lipinski definition) is 1. The lowest BCUT2D eigenvalue weighted by Crippen LogP contribution is -2.03. The summed E-state index contributed by atoms with van der Waals surface area (Å²) in [4.78, 5) is 0. The van der Waals surface area contributed by atoms with Gasteiger partial charge in [-0.3, -0.25) is 0 Å². The maximum absolute atomic E-state index is 10.5. The monoisotopic (exact) mass is 358 g/mol. The van der Waals surface area contributed by atoms with E-state index in [0.29, 0.717) is 15.6 Å². The molecule has 4 heteroatoms. The SMILES string of the molecule is Cc1cc(C(O)c2cc(Br)ccc2Cl)c(C)cc1Cl. The van der Waals surface area contributed by atoms with E-state index in [1.165, 1.54) is 0 Å². The summed E-state index contributed by atoms with van der Waals surface area (Å²) in [6.45, 7) is 3.84. The van der Waals surface area contributed by atoms with Crippen molar-refractivity contribution < 1.29 is 5.11 Å². The van der Waals surface area contributed by atoms with Crippen molar-refractivity contribution in [2.24, 2.45) is 0 Å². The molecule has 0 amide bonds. The lowest BCUT2D eigenvalue weighted by atomic mass is 9.96. The zero-order valence-corrected chi connectivity index (χ0v) is 13.6. The van der Waals surface area contributed by atoms with E-state index >= 15 is 0 Å². The Bertz CT molecular complexity index is 626. The summed E-state index contributed by atoms with van der Waals surface area (Å²) in [6, 6.07) is 9.21. The van der Waals surface area contributed by atoms with Crippen molar-refractivity contribution in [3.05, 3.63) is 67.1 Å². The Kier molecular flexibility index (Phi) is 4.57. The molecule has 0 aliphatic carbocycles. The quantitative estimate of drug-likeness (QED) is 0.755. The summed E-state index contributed by atoms with van der Waals surface area (Å²) in [7, 11) is 0. The van der Waals surface area contributed by atoms with Crippen LogP contribution < -0.4 is 0 Å². The lowest BCUT2D eigenvalue weighted by Gasteiger charge is -2.17. The van der Waals surface area contributed by atoms with Crippen molar-refractivity contribution in [3.8, 4) is 0 Å². The van der Waals surface area contributed by atoms with Crippen LogP contribution in [0.3, 0.4) is 0 Å². The molecule has 1 unspecified atom stereocenters. The van der Waals surface area contributed by atoms with Gasteiger partial charge in [0.1, 0.15) is 6.10 Å². The zero-order valence-electron chi connectivity index (χ0n) is 10.5. The fourth-order valence-electron chi connectivity index (χ4n) is 1.99.